The fourth-order valence-corrected chi connectivity index (χ4v) is 1.84. The highest BCUT2D eigenvalue weighted by molar-refractivity contribution is 5.76. The van der Waals surface area contributed by atoms with Crippen molar-refractivity contribution in [2.45, 2.75) is 31.8 Å². The van der Waals surface area contributed by atoms with Crippen LogP contribution in [0, 0.1) is 0 Å². The minimum atomic E-state index is 0.0872. The van der Waals surface area contributed by atoms with E-state index in [1.54, 1.807) is 11.0 Å². The average Bonchev–Trinajstić information content (AvgIpc) is 2.81. The van der Waals surface area contributed by atoms with E-state index >= 15 is 0 Å². The zero-order valence-electron chi connectivity index (χ0n) is 9.22. The molecule has 0 unspecified atom stereocenters. The lowest BCUT2D eigenvalue weighted by molar-refractivity contribution is -0.122. The Labute approximate surface area is 94.4 Å². The van der Waals surface area contributed by atoms with Crippen molar-refractivity contribution in [3.8, 4) is 0 Å². The van der Waals surface area contributed by atoms with Crippen LogP contribution in [0.5, 0.6) is 0 Å². The van der Waals surface area contributed by atoms with E-state index in [4.69, 9.17) is 0 Å². The summed E-state index contributed by atoms with van der Waals surface area (Å²) in [5.74, 6) is 0.0872. The van der Waals surface area contributed by atoms with Crippen molar-refractivity contribution in [3.63, 3.8) is 0 Å². The van der Waals surface area contributed by atoms with Gasteiger partial charge in [-0.2, -0.15) is 5.10 Å². The Morgan fingerprint density at radius 3 is 3.25 bits per heavy atom. The summed E-state index contributed by atoms with van der Waals surface area (Å²) in [7, 11) is 0. The minimum Gasteiger partial charge on any atom is -0.352 e. The van der Waals surface area contributed by atoms with Crippen LogP contribution in [0.15, 0.2) is 12.7 Å². The quantitative estimate of drug-likeness (QED) is 0.724. The molecule has 88 valence electrons. The first-order valence-electron chi connectivity index (χ1n) is 5.67. The Bertz CT molecular complexity index is 318. The molecule has 1 fully saturated rings. The number of rotatable bonds is 4. The summed E-state index contributed by atoms with van der Waals surface area (Å²) in [5, 5.41) is 10.2. The van der Waals surface area contributed by atoms with Gasteiger partial charge in [0.15, 0.2) is 0 Å². The monoisotopic (exact) mass is 223 g/mol. The summed E-state index contributed by atoms with van der Waals surface area (Å²) in [5.41, 5.74) is 0. The highest BCUT2D eigenvalue weighted by atomic mass is 16.1. The summed E-state index contributed by atoms with van der Waals surface area (Å²) in [6.45, 7) is 2.53. The number of nitrogens with zero attached hydrogens (tertiary/aromatic N) is 3. The fraction of sp³-hybridized carbons (Fsp3) is 0.700. The highest BCUT2D eigenvalue weighted by Crippen LogP contribution is 2.01. The van der Waals surface area contributed by atoms with Gasteiger partial charge in [-0.3, -0.25) is 9.48 Å². The van der Waals surface area contributed by atoms with E-state index in [0.717, 1.165) is 25.9 Å². The van der Waals surface area contributed by atoms with Crippen molar-refractivity contribution in [1.82, 2.24) is 25.4 Å². The van der Waals surface area contributed by atoms with Crippen molar-refractivity contribution in [2.75, 3.05) is 13.1 Å². The molecule has 2 N–H and O–H groups in total. The fourth-order valence-electron chi connectivity index (χ4n) is 1.84. The Morgan fingerprint density at radius 2 is 2.56 bits per heavy atom. The summed E-state index contributed by atoms with van der Waals surface area (Å²) in [6.07, 6.45) is 5.76. The van der Waals surface area contributed by atoms with Crippen molar-refractivity contribution in [2.24, 2.45) is 0 Å². The van der Waals surface area contributed by atoms with Gasteiger partial charge in [-0.05, 0) is 19.4 Å². The number of aromatic nitrogens is 3. The van der Waals surface area contributed by atoms with Gasteiger partial charge in [0.25, 0.3) is 0 Å². The molecule has 1 amide bonds. The molecule has 0 aromatic carbocycles. The first-order valence-corrected chi connectivity index (χ1v) is 5.67. The van der Waals surface area contributed by atoms with Gasteiger partial charge >= 0.3 is 0 Å². The van der Waals surface area contributed by atoms with Crippen molar-refractivity contribution >= 4 is 5.91 Å². The summed E-state index contributed by atoms with van der Waals surface area (Å²) in [6, 6.07) is 0.289. The molecular weight excluding hydrogens is 206 g/mol. The van der Waals surface area contributed by atoms with Crippen LogP contribution in [-0.4, -0.2) is 39.8 Å². The van der Waals surface area contributed by atoms with Crippen molar-refractivity contribution in [1.29, 1.82) is 0 Å². The largest absolute Gasteiger partial charge is 0.352 e. The molecule has 0 saturated carbocycles. The molecule has 1 aromatic rings. The van der Waals surface area contributed by atoms with Crippen LogP contribution in [0.25, 0.3) is 0 Å². The predicted molar refractivity (Wildman–Crippen MR) is 58.7 cm³/mol. The molecule has 0 bridgehead atoms. The Morgan fingerprint density at radius 1 is 1.62 bits per heavy atom. The number of hydrogen-bond donors (Lipinski definition) is 2. The van der Waals surface area contributed by atoms with Gasteiger partial charge in [-0.15, -0.1) is 0 Å². The first-order chi connectivity index (χ1) is 7.84. The second-order valence-corrected chi connectivity index (χ2v) is 4.02. The number of aryl methyl sites for hydroxylation is 1. The van der Waals surface area contributed by atoms with Crippen molar-refractivity contribution < 1.29 is 4.79 Å². The minimum absolute atomic E-state index is 0.0872. The second kappa shape index (κ2) is 5.60. The lowest BCUT2D eigenvalue weighted by atomic mass is 10.1. The van der Waals surface area contributed by atoms with E-state index in [1.807, 2.05) is 0 Å². The molecule has 1 aliphatic rings. The number of amides is 1. The molecular formula is C10H17N5O. The van der Waals surface area contributed by atoms with Crippen LogP contribution in [0.1, 0.15) is 19.3 Å². The number of carbonyl (C=O) groups is 1. The van der Waals surface area contributed by atoms with E-state index in [2.05, 4.69) is 20.7 Å². The van der Waals surface area contributed by atoms with Gasteiger partial charge in [0.05, 0.1) is 6.54 Å². The Kier molecular flexibility index (Phi) is 3.87. The molecule has 1 aliphatic heterocycles. The lowest BCUT2D eigenvalue weighted by Crippen LogP contribution is -2.45. The van der Waals surface area contributed by atoms with E-state index in [1.165, 1.54) is 6.33 Å². The third-order valence-corrected chi connectivity index (χ3v) is 2.70. The van der Waals surface area contributed by atoms with Crippen LogP contribution in [-0.2, 0) is 11.3 Å². The Hall–Kier alpha value is -1.43. The second-order valence-electron chi connectivity index (χ2n) is 4.02. The zero-order chi connectivity index (χ0) is 11.2. The van der Waals surface area contributed by atoms with Gasteiger partial charge in [0.1, 0.15) is 12.7 Å². The van der Waals surface area contributed by atoms with Gasteiger partial charge in [-0.1, -0.05) is 0 Å². The van der Waals surface area contributed by atoms with E-state index in [0.29, 0.717) is 13.0 Å². The van der Waals surface area contributed by atoms with Crippen LogP contribution < -0.4 is 10.6 Å². The summed E-state index contributed by atoms with van der Waals surface area (Å²) < 4.78 is 1.67. The standard InChI is InChI=1S/C10H17N5O/c16-10(3-5-15-8-12-7-13-15)14-9-2-1-4-11-6-9/h7-9,11H,1-6H2,(H,14,16)/t9-/m0/s1. The molecule has 0 radical (unpaired) electrons. The molecule has 1 atom stereocenters. The third kappa shape index (κ3) is 3.30. The molecule has 6 heteroatoms. The van der Waals surface area contributed by atoms with Gasteiger partial charge in [-0.25, -0.2) is 4.98 Å². The molecule has 6 nitrogen and oxygen atoms in total. The molecule has 2 rings (SSSR count). The molecule has 0 aliphatic carbocycles. The predicted octanol–water partition coefficient (Wildman–Crippen LogP) is -0.464. The summed E-state index contributed by atoms with van der Waals surface area (Å²) >= 11 is 0. The normalized spacial score (nSPS) is 20.6. The van der Waals surface area contributed by atoms with E-state index in [-0.39, 0.29) is 11.9 Å². The van der Waals surface area contributed by atoms with E-state index < -0.39 is 0 Å². The van der Waals surface area contributed by atoms with Crippen LogP contribution in [0.4, 0.5) is 0 Å². The number of piperidine rings is 1. The molecule has 1 saturated heterocycles. The van der Waals surface area contributed by atoms with Gasteiger partial charge < -0.3 is 10.6 Å². The Balaban J connectivity index is 1.67. The highest BCUT2D eigenvalue weighted by Gasteiger charge is 2.14. The van der Waals surface area contributed by atoms with Gasteiger partial charge in [0.2, 0.25) is 5.91 Å². The SMILES string of the molecule is O=C(CCn1cncn1)N[C@H]1CCCNC1. The maximum absolute atomic E-state index is 11.6. The zero-order valence-corrected chi connectivity index (χ0v) is 9.22. The molecule has 1 aromatic heterocycles. The smallest absolute Gasteiger partial charge is 0.222 e. The summed E-state index contributed by atoms with van der Waals surface area (Å²) in [4.78, 5) is 15.4. The molecule has 0 spiro atoms. The average molecular weight is 223 g/mol. The molecule has 16 heavy (non-hydrogen) atoms. The third-order valence-electron chi connectivity index (χ3n) is 2.70. The molecule has 2 heterocycles. The maximum atomic E-state index is 11.6. The first kappa shape index (κ1) is 11.1. The maximum Gasteiger partial charge on any atom is 0.222 e. The van der Waals surface area contributed by atoms with Gasteiger partial charge in [0, 0.05) is 19.0 Å². The van der Waals surface area contributed by atoms with Crippen LogP contribution in [0.3, 0.4) is 0 Å². The van der Waals surface area contributed by atoms with Crippen LogP contribution in [0.2, 0.25) is 0 Å². The van der Waals surface area contributed by atoms with Crippen molar-refractivity contribution in [3.05, 3.63) is 12.7 Å². The number of nitrogens with one attached hydrogen (secondary N) is 2. The number of hydrogen-bond acceptors (Lipinski definition) is 4. The topological polar surface area (TPSA) is 71.8 Å². The van der Waals surface area contributed by atoms with Crippen LogP contribution >= 0.6 is 0 Å². The lowest BCUT2D eigenvalue weighted by Gasteiger charge is -2.23. The number of carbonyl (C=O) groups excluding carboxylic acids is 1. The van der Waals surface area contributed by atoms with E-state index in [9.17, 15) is 4.79 Å².